The fourth-order valence-corrected chi connectivity index (χ4v) is 4.76. The molecule has 0 saturated carbocycles. The average Bonchev–Trinajstić information content (AvgIpc) is 3.48. The van der Waals surface area contributed by atoms with Gasteiger partial charge in [0.1, 0.15) is 6.54 Å². The van der Waals surface area contributed by atoms with Crippen molar-refractivity contribution in [2.45, 2.75) is 20.4 Å². The monoisotopic (exact) mass is 407 g/mol. The zero-order chi connectivity index (χ0) is 20.9. The molecule has 31 heavy (non-hydrogen) atoms. The van der Waals surface area contributed by atoms with Crippen molar-refractivity contribution in [2.24, 2.45) is 0 Å². The van der Waals surface area contributed by atoms with Crippen LogP contribution in [0.1, 0.15) is 25.1 Å². The second-order valence-corrected chi connectivity index (χ2v) is 7.83. The molecule has 1 aliphatic rings. The molecule has 0 N–H and O–H groups in total. The quantitative estimate of drug-likeness (QED) is 0.319. The van der Waals surface area contributed by atoms with Gasteiger partial charge >= 0.3 is 0 Å². The van der Waals surface area contributed by atoms with Crippen molar-refractivity contribution in [1.82, 2.24) is 0 Å². The van der Waals surface area contributed by atoms with E-state index in [1.807, 2.05) is 12.1 Å². The van der Waals surface area contributed by atoms with E-state index < -0.39 is 0 Å². The average molecular weight is 407 g/mol. The Bertz CT molecular complexity index is 1520. The summed E-state index contributed by atoms with van der Waals surface area (Å²) in [5.41, 5.74) is 7.62. The van der Waals surface area contributed by atoms with E-state index in [1.54, 1.807) is 12.5 Å². The van der Waals surface area contributed by atoms with Gasteiger partial charge in [0.25, 0.3) is 5.52 Å². The third-order valence-corrected chi connectivity index (χ3v) is 6.21. The van der Waals surface area contributed by atoms with Crippen LogP contribution in [0.15, 0.2) is 81.7 Å². The number of hydrogen-bond acceptors (Lipinski definition) is 3. The highest BCUT2D eigenvalue weighted by atomic mass is 16.3. The molecular formula is C27H23N2O2+. The van der Waals surface area contributed by atoms with Gasteiger partial charge in [-0.3, -0.25) is 0 Å². The third kappa shape index (κ3) is 2.65. The Morgan fingerprint density at radius 2 is 1.52 bits per heavy atom. The second-order valence-electron chi connectivity index (χ2n) is 7.83. The van der Waals surface area contributed by atoms with E-state index in [-0.39, 0.29) is 0 Å². The molecule has 4 heterocycles. The van der Waals surface area contributed by atoms with Gasteiger partial charge in [0.15, 0.2) is 5.58 Å². The summed E-state index contributed by atoms with van der Waals surface area (Å²) in [5.74, 6) is 0. The lowest BCUT2D eigenvalue weighted by Gasteiger charge is -2.29. The summed E-state index contributed by atoms with van der Waals surface area (Å²) in [6.07, 6.45) is 10.2. The Kier molecular flexibility index (Phi) is 4.00. The normalized spacial score (nSPS) is 14.9. The maximum absolute atomic E-state index is 5.87. The van der Waals surface area contributed by atoms with E-state index in [0.717, 1.165) is 57.6 Å². The molecule has 4 nitrogen and oxygen atoms in total. The number of allylic oxidation sites excluding steroid dienone is 1. The van der Waals surface area contributed by atoms with E-state index in [1.165, 1.54) is 10.9 Å². The molecular weight excluding hydrogens is 384 g/mol. The molecule has 4 heteroatoms. The molecule has 0 radical (unpaired) electrons. The standard InChI is InChI=1S/C27H23N2O2/c1-3-28-22(11-9-18-5-7-20-13-15-30-26(20)24(18)28)17-23-12-10-19-6-8-21-14-16-31-27(21)25(19)29(23)4-2/h5-17H,3-4H2,1-2H3/q+1. The van der Waals surface area contributed by atoms with Gasteiger partial charge in [-0.1, -0.05) is 24.3 Å². The lowest BCUT2D eigenvalue weighted by Crippen LogP contribution is -2.37. The van der Waals surface area contributed by atoms with E-state index in [9.17, 15) is 0 Å². The maximum atomic E-state index is 5.87. The minimum absolute atomic E-state index is 0.852. The van der Waals surface area contributed by atoms with Crippen LogP contribution in [0.25, 0.3) is 45.0 Å². The molecule has 0 spiro atoms. The van der Waals surface area contributed by atoms with Crippen molar-refractivity contribution in [2.75, 3.05) is 11.4 Å². The van der Waals surface area contributed by atoms with Gasteiger partial charge in [-0.2, -0.15) is 4.57 Å². The lowest BCUT2D eigenvalue weighted by atomic mass is 10.0. The number of hydrogen-bond donors (Lipinski definition) is 0. The Morgan fingerprint density at radius 1 is 0.806 bits per heavy atom. The zero-order valence-electron chi connectivity index (χ0n) is 17.6. The molecule has 0 fully saturated rings. The first-order chi connectivity index (χ1) is 15.3. The van der Waals surface area contributed by atoms with Gasteiger partial charge in [-0.15, -0.1) is 0 Å². The minimum atomic E-state index is 0.852. The minimum Gasteiger partial charge on any atom is -0.462 e. The molecule has 152 valence electrons. The highest BCUT2D eigenvalue weighted by Gasteiger charge is 2.23. The Balaban J connectivity index is 1.57. The van der Waals surface area contributed by atoms with Gasteiger partial charge in [-0.25, -0.2) is 0 Å². The summed E-state index contributed by atoms with van der Waals surface area (Å²) in [6.45, 7) is 6.06. The van der Waals surface area contributed by atoms with Crippen LogP contribution < -0.4 is 9.47 Å². The number of pyridine rings is 1. The van der Waals surface area contributed by atoms with Crippen LogP contribution in [-0.4, -0.2) is 6.54 Å². The van der Waals surface area contributed by atoms with Gasteiger partial charge in [0.05, 0.1) is 23.6 Å². The second kappa shape index (κ2) is 6.88. The number of benzene rings is 2. The molecule has 2 aromatic carbocycles. The molecule has 6 rings (SSSR count). The van der Waals surface area contributed by atoms with Crippen molar-refractivity contribution in [3.8, 4) is 0 Å². The van der Waals surface area contributed by atoms with Crippen molar-refractivity contribution < 1.29 is 13.4 Å². The van der Waals surface area contributed by atoms with Gasteiger partial charge in [0, 0.05) is 40.7 Å². The smallest absolute Gasteiger partial charge is 0.256 e. The summed E-state index contributed by atoms with van der Waals surface area (Å²) >= 11 is 0. The van der Waals surface area contributed by atoms with E-state index in [4.69, 9.17) is 8.83 Å². The van der Waals surface area contributed by atoms with Crippen LogP contribution in [0, 0.1) is 0 Å². The number of anilines is 1. The van der Waals surface area contributed by atoms with Crippen LogP contribution in [0.3, 0.4) is 0 Å². The topological polar surface area (TPSA) is 33.4 Å². The summed E-state index contributed by atoms with van der Waals surface area (Å²) < 4.78 is 14.1. The molecule has 0 amide bonds. The van der Waals surface area contributed by atoms with Crippen molar-refractivity contribution in [3.63, 3.8) is 0 Å². The van der Waals surface area contributed by atoms with Crippen LogP contribution >= 0.6 is 0 Å². The highest BCUT2D eigenvalue weighted by molar-refractivity contribution is 6.00. The summed E-state index contributed by atoms with van der Waals surface area (Å²) in [7, 11) is 0. The Labute approximate surface area is 180 Å². The van der Waals surface area contributed by atoms with Crippen LogP contribution in [-0.2, 0) is 6.54 Å². The van der Waals surface area contributed by atoms with Crippen molar-refractivity contribution in [3.05, 3.63) is 84.1 Å². The number of likely N-dealkylation sites (N-methyl/N-ethyl adjacent to an activating group) is 1. The van der Waals surface area contributed by atoms with Gasteiger partial charge < -0.3 is 13.7 Å². The van der Waals surface area contributed by atoms with Crippen LogP contribution in [0.4, 0.5) is 5.69 Å². The predicted octanol–water partition coefficient (Wildman–Crippen LogP) is 6.53. The Morgan fingerprint density at radius 3 is 2.32 bits per heavy atom. The number of aryl methyl sites for hydroxylation is 1. The first-order valence-electron chi connectivity index (χ1n) is 10.8. The number of furan rings is 2. The number of aromatic nitrogens is 1. The fraction of sp³-hybridized carbons (Fsp3) is 0.148. The zero-order valence-corrected chi connectivity index (χ0v) is 17.6. The molecule has 0 bridgehead atoms. The summed E-state index contributed by atoms with van der Waals surface area (Å²) in [4.78, 5) is 2.33. The highest BCUT2D eigenvalue weighted by Crippen LogP contribution is 2.38. The van der Waals surface area contributed by atoms with E-state index >= 15 is 0 Å². The first-order valence-corrected chi connectivity index (χ1v) is 10.8. The molecule has 0 saturated heterocycles. The van der Waals surface area contributed by atoms with Crippen molar-refractivity contribution in [1.29, 1.82) is 0 Å². The fourth-order valence-electron chi connectivity index (χ4n) is 4.76. The van der Waals surface area contributed by atoms with Gasteiger partial charge in [0.2, 0.25) is 11.3 Å². The largest absolute Gasteiger partial charge is 0.462 e. The number of fused-ring (bicyclic) bond motifs is 6. The van der Waals surface area contributed by atoms with Crippen LogP contribution in [0.5, 0.6) is 0 Å². The molecule has 0 unspecified atom stereocenters. The SMILES string of the molecule is CCN1/C(=C/c2ccc3ccc4ccoc4c3[n+]2CC)C=Cc2ccc3ccoc3c21. The lowest BCUT2D eigenvalue weighted by molar-refractivity contribution is -0.669. The van der Waals surface area contributed by atoms with E-state index in [0.29, 0.717) is 0 Å². The molecule has 0 atom stereocenters. The number of rotatable bonds is 3. The summed E-state index contributed by atoms with van der Waals surface area (Å²) in [6, 6.07) is 17.0. The van der Waals surface area contributed by atoms with Crippen LogP contribution in [0.2, 0.25) is 0 Å². The number of nitrogens with zero attached hydrogens (tertiary/aromatic N) is 2. The van der Waals surface area contributed by atoms with E-state index in [2.05, 4.69) is 77.9 Å². The summed E-state index contributed by atoms with van der Waals surface area (Å²) in [5, 5.41) is 3.43. The molecule has 5 aromatic rings. The third-order valence-electron chi connectivity index (χ3n) is 6.21. The van der Waals surface area contributed by atoms with Crippen molar-refractivity contribution >= 4 is 50.7 Å². The maximum Gasteiger partial charge on any atom is 0.256 e. The molecule has 1 aliphatic heterocycles. The predicted molar refractivity (Wildman–Crippen MR) is 126 cm³/mol. The van der Waals surface area contributed by atoms with Gasteiger partial charge in [-0.05, 0) is 44.2 Å². The molecule has 3 aromatic heterocycles. The Hall–Kier alpha value is -3.79. The molecule has 0 aliphatic carbocycles. The first kappa shape index (κ1) is 18.0.